The molecule has 1 amide bonds. The van der Waals surface area contributed by atoms with Crippen LogP contribution in [0, 0.1) is 5.92 Å². The topological polar surface area (TPSA) is 90.3 Å². The number of piperidine rings is 1. The monoisotopic (exact) mass is 376 g/mol. The quantitative estimate of drug-likeness (QED) is 0.782. The summed E-state index contributed by atoms with van der Waals surface area (Å²) in [6.45, 7) is 4.60. The normalized spacial score (nSPS) is 22.4. The predicted molar refractivity (Wildman–Crippen MR) is 99.3 cm³/mol. The van der Waals surface area contributed by atoms with Crippen LogP contribution in [0.15, 0.2) is 18.2 Å². The van der Waals surface area contributed by atoms with Crippen molar-refractivity contribution in [3.05, 3.63) is 29.3 Å². The van der Waals surface area contributed by atoms with Gasteiger partial charge in [0.1, 0.15) is 5.75 Å². The number of hydrogen-bond donors (Lipinski definition) is 2. The van der Waals surface area contributed by atoms with Crippen molar-refractivity contribution in [2.45, 2.75) is 44.9 Å². The molecule has 0 saturated carbocycles. The number of amides is 1. The van der Waals surface area contributed by atoms with E-state index in [1.54, 1.807) is 11.9 Å². The molecular weight excluding hydrogens is 348 g/mol. The van der Waals surface area contributed by atoms with E-state index in [9.17, 15) is 19.8 Å². The number of carbonyl (C=O) groups excluding carboxylic acids is 1. The zero-order chi connectivity index (χ0) is 19.6. The highest BCUT2D eigenvalue weighted by Gasteiger charge is 2.55. The summed E-state index contributed by atoms with van der Waals surface area (Å²) in [6.07, 6.45) is 1.43. The summed E-state index contributed by atoms with van der Waals surface area (Å²) in [5, 5.41) is 19.1. The zero-order valence-electron chi connectivity index (χ0n) is 16.0. The van der Waals surface area contributed by atoms with E-state index in [1.165, 1.54) is 0 Å². The minimum atomic E-state index is -0.875. The maximum Gasteiger partial charge on any atom is 0.309 e. The number of aliphatic carboxylic acids is 1. The minimum absolute atomic E-state index is 0.0700. The van der Waals surface area contributed by atoms with Gasteiger partial charge >= 0.3 is 5.97 Å². The molecule has 0 aliphatic carbocycles. The van der Waals surface area contributed by atoms with Crippen LogP contribution in [0.3, 0.4) is 0 Å². The molecule has 1 unspecified atom stereocenters. The highest BCUT2D eigenvalue weighted by atomic mass is 16.5. The fraction of sp³-hybridized carbons (Fsp3) is 0.600. The lowest BCUT2D eigenvalue weighted by Crippen LogP contribution is -2.55. The average molecular weight is 376 g/mol. The number of benzene rings is 1. The number of rotatable bonds is 6. The molecule has 2 heterocycles. The number of likely N-dealkylation sites (tertiary alicyclic amines) is 2. The summed E-state index contributed by atoms with van der Waals surface area (Å²) in [4.78, 5) is 27.7. The van der Waals surface area contributed by atoms with E-state index in [4.69, 9.17) is 4.74 Å². The fourth-order valence-electron chi connectivity index (χ4n) is 4.49. The van der Waals surface area contributed by atoms with Gasteiger partial charge in [-0.1, -0.05) is 6.07 Å². The maximum atomic E-state index is 12.1. The SMILES string of the molecule is CCOc1ccc(CN2CCC3(CC2)C(C(=O)O)CC(=O)N3C)cc1CO. The van der Waals surface area contributed by atoms with Crippen LogP contribution < -0.4 is 4.74 Å². The number of nitrogens with zero attached hydrogens (tertiary/aromatic N) is 2. The Kier molecular flexibility index (Phi) is 5.72. The van der Waals surface area contributed by atoms with Gasteiger partial charge in [0.05, 0.1) is 24.7 Å². The maximum absolute atomic E-state index is 12.1. The number of ether oxygens (including phenoxy) is 1. The van der Waals surface area contributed by atoms with Crippen LogP contribution >= 0.6 is 0 Å². The number of hydrogen-bond acceptors (Lipinski definition) is 5. The van der Waals surface area contributed by atoms with Gasteiger partial charge in [-0.25, -0.2) is 0 Å². The first-order valence-electron chi connectivity index (χ1n) is 9.48. The number of carboxylic acid groups (broad SMARTS) is 1. The summed E-state index contributed by atoms with van der Waals surface area (Å²) in [5.41, 5.74) is 1.30. The first kappa shape index (κ1) is 19.6. The van der Waals surface area contributed by atoms with Crippen molar-refractivity contribution in [2.75, 3.05) is 26.7 Å². The molecule has 1 spiro atoms. The molecule has 7 heteroatoms. The molecular formula is C20H28N2O5. The molecule has 2 saturated heterocycles. The van der Waals surface area contributed by atoms with E-state index in [0.29, 0.717) is 25.2 Å². The number of carboxylic acids is 1. The Balaban J connectivity index is 1.68. The van der Waals surface area contributed by atoms with Crippen molar-refractivity contribution in [3.63, 3.8) is 0 Å². The number of aliphatic hydroxyl groups excluding tert-OH is 1. The second kappa shape index (κ2) is 7.86. The Morgan fingerprint density at radius 2 is 2.04 bits per heavy atom. The van der Waals surface area contributed by atoms with Crippen LogP contribution in [-0.4, -0.2) is 64.2 Å². The third-order valence-electron chi connectivity index (χ3n) is 6.09. The Morgan fingerprint density at radius 1 is 1.33 bits per heavy atom. The highest BCUT2D eigenvalue weighted by molar-refractivity contribution is 5.88. The first-order chi connectivity index (χ1) is 12.9. The average Bonchev–Trinajstić information content (AvgIpc) is 2.90. The fourth-order valence-corrected chi connectivity index (χ4v) is 4.49. The van der Waals surface area contributed by atoms with E-state index in [2.05, 4.69) is 4.90 Å². The molecule has 2 fully saturated rings. The van der Waals surface area contributed by atoms with Gasteiger partial charge in [-0.3, -0.25) is 14.5 Å². The molecule has 1 atom stereocenters. The molecule has 0 bridgehead atoms. The molecule has 2 aliphatic heterocycles. The van der Waals surface area contributed by atoms with Crippen LogP contribution in [-0.2, 0) is 22.7 Å². The summed E-state index contributed by atoms with van der Waals surface area (Å²) in [7, 11) is 1.74. The second-order valence-corrected chi connectivity index (χ2v) is 7.46. The van der Waals surface area contributed by atoms with Crippen molar-refractivity contribution in [3.8, 4) is 5.75 Å². The van der Waals surface area contributed by atoms with Gasteiger partial charge in [0, 0.05) is 38.7 Å². The molecule has 2 aliphatic rings. The summed E-state index contributed by atoms with van der Waals surface area (Å²) >= 11 is 0. The smallest absolute Gasteiger partial charge is 0.309 e. The van der Waals surface area contributed by atoms with Crippen molar-refractivity contribution in [1.82, 2.24) is 9.80 Å². The largest absolute Gasteiger partial charge is 0.494 e. The van der Waals surface area contributed by atoms with Crippen molar-refractivity contribution < 1.29 is 24.5 Å². The first-order valence-corrected chi connectivity index (χ1v) is 9.48. The predicted octanol–water partition coefficient (Wildman–Crippen LogP) is 1.48. The molecule has 0 aromatic heterocycles. The van der Waals surface area contributed by atoms with Gasteiger partial charge in [-0.2, -0.15) is 0 Å². The van der Waals surface area contributed by atoms with Crippen LogP contribution in [0.5, 0.6) is 5.75 Å². The third-order valence-corrected chi connectivity index (χ3v) is 6.09. The van der Waals surface area contributed by atoms with Gasteiger partial charge in [0.2, 0.25) is 5.91 Å². The Morgan fingerprint density at radius 3 is 2.63 bits per heavy atom. The van der Waals surface area contributed by atoms with E-state index in [0.717, 1.165) is 30.8 Å². The van der Waals surface area contributed by atoms with E-state index < -0.39 is 17.4 Å². The molecule has 148 valence electrons. The van der Waals surface area contributed by atoms with E-state index in [1.807, 2.05) is 25.1 Å². The lowest BCUT2D eigenvalue weighted by Gasteiger charge is -2.45. The second-order valence-electron chi connectivity index (χ2n) is 7.46. The lowest BCUT2D eigenvalue weighted by atomic mass is 9.77. The van der Waals surface area contributed by atoms with E-state index in [-0.39, 0.29) is 18.9 Å². The van der Waals surface area contributed by atoms with E-state index >= 15 is 0 Å². The van der Waals surface area contributed by atoms with Crippen LogP contribution in [0.25, 0.3) is 0 Å². The van der Waals surface area contributed by atoms with Gasteiger partial charge in [0.15, 0.2) is 0 Å². The number of aliphatic hydroxyl groups is 1. The van der Waals surface area contributed by atoms with Crippen LogP contribution in [0.4, 0.5) is 0 Å². The molecule has 27 heavy (non-hydrogen) atoms. The summed E-state index contributed by atoms with van der Waals surface area (Å²) in [6, 6.07) is 5.85. The molecule has 7 nitrogen and oxygen atoms in total. The van der Waals surface area contributed by atoms with Gasteiger partial charge in [-0.15, -0.1) is 0 Å². The molecule has 0 radical (unpaired) electrons. The highest BCUT2D eigenvalue weighted by Crippen LogP contribution is 2.43. The van der Waals surface area contributed by atoms with Crippen molar-refractivity contribution in [2.24, 2.45) is 5.92 Å². The van der Waals surface area contributed by atoms with Crippen molar-refractivity contribution >= 4 is 11.9 Å². The number of carbonyl (C=O) groups is 2. The van der Waals surface area contributed by atoms with Gasteiger partial charge in [0.25, 0.3) is 0 Å². The van der Waals surface area contributed by atoms with Crippen molar-refractivity contribution in [1.29, 1.82) is 0 Å². The molecule has 1 aromatic carbocycles. The van der Waals surface area contributed by atoms with Gasteiger partial charge in [-0.05, 0) is 37.5 Å². The Hall–Kier alpha value is -2.12. The summed E-state index contributed by atoms with van der Waals surface area (Å²) in [5.74, 6) is -0.865. The summed E-state index contributed by atoms with van der Waals surface area (Å²) < 4.78 is 5.53. The third kappa shape index (κ3) is 3.66. The Labute approximate surface area is 159 Å². The molecule has 1 aromatic rings. The molecule has 2 N–H and O–H groups in total. The lowest BCUT2D eigenvalue weighted by molar-refractivity contribution is -0.146. The van der Waals surface area contributed by atoms with Crippen LogP contribution in [0.1, 0.15) is 37.3 Å². The standard InChI is InChI=1S/C20H28N2O5/c1-3-27-17-5-4-14(10-15(17)13-23)12-22-8-6-20(7-9-22)16(19(25)26)11-18(24)21(20)2/h4-5,10,16,23H,3,6-9,11-13H2,1-2H3,(H,25,26). The zero-order valence-corrected chi connectivity index (χ0v) is 16.0. The molecule has 3 rings (SSSR count). The van der Waals surface area contributed by atoms with Gasteiger partial charge < -0.3 is 19.8 Å². The Bertz CT molecular complexity index is 712. The minimum Gasteiger partial charge on any atom is -0.494 e. The van der Waals surface area contributed by atoms with Crippen LogP contribution in [0.2, 0.25) is 0 Å².